The van der Waals surface area contributed by atoms with Crippen LogP contribution in [0.4, 0.5) is 4.79 Å². The van der Waals surface area contributed by atoms with E-state index in [4.69, 9.17) is 5.11 Å². The first-order valence-electron chi connectivity index (χ1n) is 4.93. The summed E-state index contributed by atoms with van der Waals surface area (Å²) >= 11 is 1.54. The smallest absolute Gasteiger partial charge is 0.326 e. The van der Waals surface area contributed by atoms with Crippen LogP contribution in [0.5, 0.6) is 0 Å². The number of carboxylic acids is 1. The highest BCUT2D eigenvalue weighted by Crippen LogP contribution is 2.07. The van der Waals surface area contributed by atoms with Gasteiger partial charge in [-0.25, -0.2) is 9.59 Å². The summed E-state index contributed by atoms with van der Waals surface area (Å²) in [6.45, 7) is 2.12. The second kappa shape index (κ2) is 6.12. The van der Waals surface area contributed by atoms with Crippen molar-refractivity contribution >= 4 is 23.3 Å². The lowest BCUT2D eigenvalue weighted by molar-refractivity contribution is -0.139. The normalized spacial score (nSPS) is 11.8. The molecule has 0 spiro atoms. The van der Waals surface area contributed by atoms with Gasteiger partial charge in [0.1, 0.15) is 6.04 Å². The summed E-state index contributed by atoms with van der Waals surface area (Å²) in [6, 6.07) is 2.51. The number of hydrogen-bond acceptors (Lipinski definition) is 3. The van der Waals surface area contributed by atoms with Gasteiger partial charge in [0.05, 0.1) is 6.54 Å². The maximum absolute atomic E-state index is 11.3. The van der Waals surface area contributed by atoms with Gasteiger partial charge >= 0.3 is 12.0 Å². The van der Waals surface area contributed by atoms with Crippen molar-refractivity contribution in [1.29, 1.82) is 0 Å². The van der Waals surface area contributed by atoms with Crippen LogP contribution in [-0.2, 0) is 11.3 Å². The summed E-state index contributed by atoms with van der Waals surface area (Å²) in [6.07, 6.45) is 0.363. The SMILES string of the molecule is CC[C@H](NC(=O)NCc1cccs1)C(=O)O. The Hall–Kier alpha value is -1.56. The molecular weight excluding hydrogens is 228 g/mol. The Morgan fingerprint density at radius 3 is 2.81 bits per heavy atom. The number of aliphatic carboxylic acids is 1. The minimum absolute atomic E-state index is 0.363. The third-order valence-corrected chi connectivity index (χ3v) is 2.89. The predicted molar refractivity (Wildman–Crippen MR) is 61.4 cm³/mol. The van der Waals surface area contributed by atoms with E-state index in [0.29, 0.717) is 13.0 Å². The first-order valence-corrected chi connectivity index (χ1v) is 5.81. The number of carboxylic acid groups (broad SMARTS) is 1. The molecule has 0 aliphatic heterocycles. The standard InChI is InChI=1S/C10H14N2O3S/c1-2-8(9(13)14)12-10(15)11-6-7-4-3-5-16-7/h3-5,8H,2,6H2,1H3,(H,13,14)(H2,11,12,15)/t8-/m0/s1. The maximum Gasteiger partial charge on any atom is 0.326 e. The third-order valence-electron chi connectivity index (χ3n) is 2.01. The van der Waals surface area contributed by atoms with E-state index in [1.807, 2.05) is 17.5 Å². The first kappa shape index (κ1) is 12.5. The summed E-state index contributed by atoms with van der Waals surface area (Å²) in [5.74, 6) is -1.02. The third kappa shape index (κ3) is 3.90. The van der Waals surface area contributed by atoms with Crippen molar-refractivity contribution in [3.63, 3.8) is 0 Å². The highest BCUT2D eigenvalue weighted by atomic mass is 32.1. The van der Waals surface area contributed by atoms with Crippen molar-refractivity contribution in [2.45, 2.75) is 25.9 Å². The number of carbonyl (C=O) groups is 2. The number of hydrogen-bond donors (Lipinski definition) is 3. The molecule has 0 aromatic carbocycles. The van der Waals surface area contributed by atoms with E-state index in [1.165, 1.54) is 11.3 Å². The Morgan fingerprint density at radius 1 is 1.56 bits per heavy atom. The van der Waals surface area contributed by atoms with E-state index >= 15 is 0 Å². The molecule has 0 radical (unpaired) electrons. The zero-order valence-electron chi connectivity index (χ0n) is 8.90. The molecule has 5 nitrogen and oxygen atoms in total. The highest BCUT2D eigenvalue weighted by Gasteiger charge is 2.16. The molecule has 0 bridgehead atoms. The Balaban J connectivity index is 2.33. The zero-order chi connectivity index (χ0) is 12.0. The lowest BCUT2D eigenvalue weighted by Gasteiger charge is -2.12. The summed E-state index contributed by atoms with van der Waals surface area (Å²) in [4.78, 5) is 23.0. The number of urea groups is 1. The molecule has 0 unspecified atom stereocenters. The molecule has 16 heavy (non-hydrogen) atoms. The lowest BCUT2D eigenvalue weighted by atomic mass is 10.2. The summed E-state index contributed by atoms with van der Waals surface area (Å²) in [5.41, 5.74) is 0. The van der Waals surface area contributed by atoms with E-state index in [1.54, 1.807) is 6.92 Å². The van der Waals surface area contributed by atoms with E-state index in [9.17, 15) is 9.59 Å². The fraction of sp³-hybridized carbons (Fsp3) is 0.400. The van der Waals surface area contributed by atoms with Gasteiger partial charge in [-0.15, -0.1) is 11.3 Å². The van der Waals surface area contributed by atoms with Crippen molar-refractivity contribution in [3.05, 3.63) is 22.4 Å². The molecule has 1 aromatic heterocycles. The topological polar surface area (TPSA) is 78.4 Å². The van der Waals surface area contributed by atoms with Gasteiger partial charge in [-0.3, -0.25) is 0 Å². The molecular formula is C10H14N2O3S. The fourth-order valence-corrected chi connectivity index (χ4v) is 1.77. The lowest BCUT2D eigenvalue weighted by Crippen LogP contribution is -2.45. The minimum atomic E-state index is -1.02. The van der Waals surface area contributed by atoms with Gasteiger partial charge in [-0.1, -0.05) is 13.0 Å². The van der Waals surface area contributed by atoms with E-state index < -0.39 is 18.0 Å². The molecule has 1 heterocycles. The molecule has 6 heteroatoms. The van der Waals surface area contributed by atoms with Crippen LogP contribution in [-0.4, -0.2) is 23.1 Å². The van der Waals surface area contributed by atoms with Gasteiger partial charge in [0, 0.05) is 4.88 Å². The van der Waals surface area contributed by atoms with Crippen molar-refractivity contribution in [3.8, 4) is 0 Å². The Bertz CT molecular complexity index is 351. The predicted octanol–water partition coefficient (Wildman–Crippen LogP) is 1.41. The van der Waals surface area contributed by atoms with Crippen molar-refractivity contribution in [1.82, 2.24) is 10.6 Å². The van der Waals surface area contributed by atoms with Crippen LogP contribution in [0.2, 0.25) is 0 Å². The van der Waals surface area contributed by atoms with Crippen LogP contribution in [0, 0.1) is 0 Å². The van der Waals surface area contributed by atoms with Gasteiger partial charge in [-0.2, -0.15) is 0 Å². The van der Waals surface area contributed by atoms with Crippen molar-refractivity contribution in [2.75, 3.05) is 0 Å². The molecule has 0 aliphatic carbocycles. The van der Waals surface area contributed by atoms with Gasteiger partial charge in [0.25, 0.3) is 0 Å². The number of rotatable bonds is 5. The van der Waals surface area contributed by atoms with Gasteiger partial charge in [0.15, 0.2) is 0 Å². The average molecular weight is 242 g/mol. The molecule has 0 aliphatic rings. The largest absolute Gasteiger partial charge is 0.480 e. The summed E-state index contributed by atoms with van der Waals surface area (Å²) in [5, 5.41) is 15.6. The second-order valence-corrected chi connectivity index (χ2v) is 4.24. The fourth-order valence-electron chi connectivity index (χ4n) is 1.13. The molecule has 1 rings (SSSR count). The summed E-state index contributed by atoms with van der Waals surface area (Å²) < 4.78 is 0. The van der Waals surface area contributed by atoms with E-state index in [0.717, 1.165) is 4.88 Å². The molecule has 1 aromatic rings. The van der Waals surface area contributed by atoms with Gasteiger partial charge in [-0.05, 0) is 17.9 Å². The number of carbonyl (C=O) groups excluding carboxylic acids is 1. The van der Waals surface area contributed by atoms with Crippen molar-refractivity contribution in [2.24, 2.45) is 0 Å². The van der Waals surface area contributed by atoms with Gasteiger partial charge < -0.3 is 15.7 Å². The van der Waals surface area contributed by atoms with E-state index in [2.05, 4.69) is 10.6 Å². The number of amides is 2. The molecule has 0 saturated carbocycles. The van der Waals surface area contributed by atoms with Crippen LogP contribution >= 0.6 is 11.3 Å². The average Bonchev–Trinajstić information content (AvgIpc) is 2.75. The number of nitrogens with one attached hydrogen (secondary N) is 2. The molecule has 1 atom stereocenters. The molecule has 0 fully saturated rings. The van der Waals surface area contributed by atoms with E-state index in [-0.39, 0.29) is 0 Å². The van der Waals surface area contributed by atoms with Crippen LogP contribution in [0.3, 0.4) is 0 Å². The number of thiophene rings is 1. The molecule has 0 saturated heterocycles. The van der Waals surface area contributed by atoms with Crippen LogP contribution in [0.25, 0.3) is 0 Å². The minimum Gasteiger partial charge on any atom is -0.480 e. The maximum atomic E-state index is 11.3. The molecule has 88 valence electrons. The summed E-state index contributed by atoms with van der Waals surface area (Å²) in [7, 11) is 0. The second-order valence-electron chi connectivity index (χ2n) is 3.21. The van der Waals surface area contributed by atoms with Crippen LogP contribution in [0.1, 0.15) is 18.2 Å². The monoisotopic (exact) mass is 242 g/mol. The molecule has 3 N–H and O–H groups in total. The quantitative estimate of drug-likeness (QED) is 0.730. The van der Waals surface area contributed by atoms with Crippen molar-refractivity contribution < 1.29 is 14.7 Å². The van der Waals surface area contributed by atoms with Gasteiger partial charge in [0.2, 0.25) is 0 Å². The zero-order valence-corrected chi connectivity index (χ0v) is 9.71. The Labute approximate surface area is 97.5 Å². The Morgan fingerprint density at radius 2 is 2.31 bits per heavy atom. The first-order chi connectivity index (χ1) is 7.63. The molecule has 2 amide bonds. The highest BCUT2D eigenvalue weighted by molar-refractivity contribution is 7.09. The van der Waals surface area contributed by atoms with Crippen LogP contribution in [0.15, 0.2) is 17.5 Å². The Kier molecular flexibility index (Phi) is 4.78. The van der Waals surface area contributed by atoms with Crippen LogP contribution < -0.4 is 10.6 Å².